The fourth-order valence-electron chi connectivity index (χ4n) is 1.42. The van der Waals surface area contributed by atoms with Gasteiger partial charge in [-0.1, -0.05) is 32.9 Å². The van der Waals surface area contributed by atoms with Gasteiger partial charge in [0.1, 0.15) is 0 Å². The van der Waals surface area contributed by atoms with Crippen LogP contribution in [-0.2, 0) is 0 Å². The largest absolute Gasteiger partial charge is 0.0993 e. The number of hydrogen-bond donors (Lipinski definition) is 0. The third-order valence-corrected chi connectivity index (χ3v) is 3.02. The molecule has 0 bridgehead atoms. The highest BCUT2D eigenvalue weighted by Gasteiger charge is 2.33. The third kappa shape index (κ3) is 0.910. The van der Waals surface area contributed by atoms with Gasteiger partial charge in [-0.05, 0) is 24.2 Å². The van der Waals surface area contributed by atoms with Crippen molar-refractivity contribution in [1.82, 2.24) is 0 Å². The Bertz CT molecular complexity index is 131. The summed E-state index contributed by atoms with van der Waals surface area (Å²) in [7, 11) is 0. The van der Waals surface area contributed by atoms with Gasteiger partial charge >= 0.3 is 0 Å². The Hall–Kier alpha value is -0.260. The van der Waals surface area contributed by atoms with Gasteiger partial charge in [0.2, 0.25) is 0 Å². The molecule has 1 fully saturated rings. The lowest BCUT2D eigenvalue weighted by Crippen LogP contribution is -2.15. The standard InChI is InChI=1S/C9H16/c1-7-5-6-8(2)9(7,3)4/h8H,1,5-6H2,2-4H3/t8-/m0/s1. The summed E-state index contributed by atoms with van der Waals surface area (Å²) in [6.07, 6.45) is 2.58. The summed E-state index contributed by atoms with van der Waals surface area (Å²) in [5.41, 5.74) is 1.86. The van der Waals surface area contributed by atoms with E-state index in [9.17, 15) is 0 Å². The molecule has 0 unspecified atom stereocenters. The minimum Gasteiger partial charge on any atom is -0.0993 e. The highest BCUT2D eigenvalue weighted by Crippen LogP contribution is 2.45. The lowest BCUT2D eigenvalue weighted by molar-refractivity contribution is 0.333. The first-order valence-corrected chi connectivity index (χ1v) is 3.73. The molecular weight excluding hydrogens is 108 g/mol. The molecule has 0 N–H and O–H groups in total. The molecule has 0 aliphatic heterocycles. The predicted octanol–water partition coefficient (Wildman–Crippen LogP) is 3.00. The maximum atomic E-state index is 4.06. The molecule has 0 nitrogen and oxygen atoms in total. The molecular formula is C9H16. The molecule has 0 aromatic carbocycles. The second-order valence-electron chi connectivity index (χ2n) is 3.76. The van der Waals surface area contributed by atoms with Crippen molar-refractivity contribution in [1.29, 1.82) is 0 Å². The summed E-state index contributed by atoms with van der Waals surface area (Å²) in [5.74, 6) is 0.838. The molecule has 9 heavy (non-hydrogen) atoms. The van der Waals surface area contributed by atoms with Crippen LogP contribution >= 0.6 is 0 Å². The van der Waals surface area contributed by atoms with Gasteiger partial charge in [-0.25, -0.2) is 0 Å². The monoisotopic (exact) mass is 124 g/mol. The molecule has 52 valence electrons. The molecule has 0 spiro atoms. The van der Waals surface area contributed by atoms with Crippen LogP contribution in [0.1, 0.15) is 33.6 Å². The van der Waals surface area contributed by atoms with E-state index in [1.807, 2.05) is 0 Å². The van der Waals surface area contributed by atoms with Crippen molar-refractivity contribution in [3.8, 4) is 0 Å². The maximum Gasteiger partial charge on any atom is -0.0122 e. The highest BCUT2D eigenvalue weighted by molar-refractivity contribution is 5.13. The van der Waals surface area contributed by atoms with Gasteiger partial charge in [0.05, 0.1) is 0 Å². The fraction of sp³-hybridized carbons (Fsp3) is 0.778. The minimum atomic E-state index is 0.417. The van der Waals surface area contributed by atoms with Crippen LogP contribution in [0.4, 0.5) is 0 Å². The summed E-state index contributed by atoms with van der Waals surface area (Å²) in [4.78, 5) is 0. The fourth-order valence-corrected chi connectivity index (χ4v) is 1.42. The van der Waals surface area contributed by atoms with Gasteiger partial charge in [0.15, 0.2) is 0 Å². The van der Waals surface area contributed by atoms with Crippen LogP contribution in [0.2, 0.25) is 0 Å². The van der Waals surface area contributed by atoms with Crippen molar-refractivity contribution < 1.29 is 0 Å². The summed E-state index contributed by atoms with van der Waals surface area (Å²) in [6.45, 7) is 11.0. The van der Waals surface area contributed by atoms with Crippen molar-refractivity contribution in [2.24, 2.45) is 11.3 Å². The van der Waals surface area contributed by atoms with Crippen LogP contribution in [-0.4, -0.2) is 0 Å². The molecule has 0 aromatic heterocycles. The van der Waals surface area contributed by atoms with E-state index >= 15 is 0 Å². The smallest absolute Gasteiger partial charge is 0.0122 e. The number of allylic oxidation sites excluding steroid dienone is 1. The summed E-state index contributed by atoms with van der Waals surface area (Å²) >= 11 is 0. The number of hydrogen-bond acceptors (Lipinski definition) is 0. The zero-order valence-electron chi connectivity index (χ0n) is 6.70. The van der Waals surface area contributed by atoms with E-state index in [0.29, 0.717) is 5.41 Å². The summed E-state index contributed by atoms with van der Waals surface area (Å²) in [5, 5.41) is 0. The highest BCUT2D eigenvalue weighted by atomic mass is 14.4. The van der Waals surface area contributed by atoms with Crippen molar-refractivity contribution in [2.75, 3.05) is 0 Å². The Morgan fingerprint density at radius 3 is 2.22 bits per heavy atom. The number of rotatable bonds is 0. The average Bonchev–Trinajstić information content (AvgIpc) is 1.96. The molecule has 1 saturated carbocycles. The quantitative estimate of drug-likeness (QED) is 0.435. The third-order valence-electron chi connectivity index (χ3n) is 3.02. The van der Waals surface area contributed by atoms with Gasteiger partial charge in [-0.15, -0.1) is 0 Å². The van der Waals surface area contributed by atoms with E-state index in [-0.39, 0.29) is 0 Å². The van der Waals surface area contributed by atoms with Crippen molar-refractivity contribution in [2.45, 2.75) is 33.6 Å². The van der Waals surface area contributed by atoms with Gasteiger partial charge in [-0.3, -0.25) is 0 Å². The predicted molar refractivity (Wildman–Crippen MR) is 41.3 cm³/mol. The van der Waals surface area contributed by atoms with Gasteiger partial charge in [0.25, 0.3) is 0 Å². The molecule has 1 rings (SSSR count). The lowest BCUT2D eigenvalue weighted by Gasteiger charge is -2.24. The Kier molecular flexibility index (Phi) is 1.42. The Morgan fingerprint density at radius 1 is 1.56 bits per heavy atom. The van der Waals surface area contributed by atoms with E-state index in [2.05, 4.69) is 27.4 Å². The normalized spacial score (nSPS) is 33.2. The molecule has 0 radical (unpaired) electrons. The summed E-state index contributed by atoms with van der Waals surface area (Å²) in [6, 6.07) is 0. The first kappa shape index (κ1) is 6.85. The van der Waals surface area contributed by atoms with E-state index in [1.165, 1.54) is 18.4 Å². The molecule has 0 heteroatoms. The molecule has 1 aliphatic rings. The molecule has 0 amide bonds. The topological polar surface area (TPSA) is 0 Å². The average molecular weight is 124 g/mol. The Morgan fingerprint density at radius 2 is 2.11 bits per heavy atom. The van der Waals surface area contributed by atoms with Gasteiger partial charge in [0, 0.05) is 0 Å². The van der Waals surface area contributed by atoms with Crippen LogP contribution in [0.5, 0.6) is 0 Å². The zero-order valence-corrected chi connectivity index (χ0v) is 6.70. The van der Waals surface area contributed by atoms with E-state index in [1.54, 1.807) is 0 Å². The first-order valence-electron chi connectivity index (χ1n) is 3.73. The summed E-state index contributed by atoms with van der Waals surface area (Å²) < 4.78 is 0. The van der Waals surface area contributed by atoms with Crippen LogP contribution < -0.4 is 0 Å². The van der Waals surface area contributed by atoms with Crippen LogP contribution in [0.3, 0.4) is 0 Å². The lowest BCUT2D eigenvalue weighted by atomic mass is 9.81. The first-order chi connectivity index (χ1) is 4.05. The van der Waals surface area contributed by atoms with Gasteiger partial charge < -0.3 is 0 Å². The molecule has 1 aliphatic carbocycles. The Labute approximate surface area is 58.0 Å². The van der Waals surface area contributed by atoms with Crippen LogP contribution in [0.15, 0.2) is 12.2 Å². The second-order valence-corrected chi connectivity index (χ2v) is 3.76. The van der Waals surface area contributed by atoms with Crippen molar-refractivity contribution in [3.05, 3.63) is 12.2 Å². The zero-order chi connectivity index (χ0) is 7.07. The van der Waals surface area contributed by atoms with E-state index in [0.717, 1.165) is 5.92 Å². The van der Waals surface area contributed by atoms with Gasteiger partial charge in [-0.2, -0.15) is 0 Å². The molecule has 0 aromatic rings. The van der Waals surface area contributed by atoms with Crippen molar-refractivity contribution >= 4 is 0 Å². The molecule has 0 saturated heterocycles. The SMILES string of the molecule is C=C1CC[C@H](C)C1(C)C. The maximum absolute atomic E-state index is 4.06. The van der Waals surface area contributed by atoms with Crippen LogP contribution in [0, 0.1) is 11.3 Å². The Balaban J connectivity index is 2.78. The van der Waals surface area contributed by atoms with E-state index < -0.39 is 0 Å². The molecule has 1 atom stereocenters. The second kappa shape index (κ2) is 1.86. The minimum absolute atomic E-state index is 0.417. The molecule has 0 heterocycles. The van der Waals surface area contributed by atoms with E-state index in [4.69, 9.17) is 0 Å². The van der Waals surface area contributed by atoms with Crippen molar-refractivity contribution in [3.63, 3.8) is 0 Å². The van der Waals surface area contributed by atoms with Crippen LogP contribution in [0.25, 0.3) is 0 Å².